The molecule has 0 spiro atoms. The van der Waals surface area contributed by atoms with Gasteiger partial charge in [0.25, 0.3) is 0 Å². The molecule has 0 radical (unpaired) electrons. The Hall–Kier alpha value is -0.970. The molecular weight excluding hydrogens is 266 g/mol. The van der Waals surface area contributed by atoms with Gasteiger partial charge in [-0.2, -0.15) is 0 Å². The molecule has 0 saturated carbocycles. The van der Waals surface area contributed by atoms with Gasteiger partial charge in [-0.1, -0.05) is 11.6 Å². The smallest absolute Gasteiger partial charge is 0.163 e. The average Bonchev–Trinajstić information content (AvgIpc) is 2.34. The molecule has 1 aromatic carbocycles. The molecule has 0 aliphatic rings. The molecule has 0 atom stereocenters. The Kier molecular flexibility index (Phi) is 6.99. The van der Waals surface area contributed by atoms with E-state index in [0.29, 0.717) is 36.2 Å². The molecule has 108 valence electrons. The fraction of sp³-hybridized carbons (Fsp3) is 0.571. The summed E-state index contributed by atoms with van der Waals surface area (Å²) in [5.41, 5.74) is 0.926. The van der Waals surface area contributed by atoms with Crippen molar-refractivity contribution >= 4 is 11.6 Å². The molecule has 1 rings (SSSR count). The summed E-state index contributed by atoms with van der Waals surface area (Å²) in [5.74, 6) is 1.36. The minimum atomic E-state index is 0.0636. The van der Waals surface area contributed by atoms with Crippen LogP contribution in [-0.4, -0.2) is 31.0 Å². The van der Waals surface area contributed by atoms with E-state index in [2.05, 4.69) is 5.32 Å². The minimum Gasteiger partial charge on any atom is -0.490 e. The Balaban J connectivity index is 2.91. The SMILES string of the molecule is CCOc1cc(CNCCO)c(Cl)cc1OC(C)C. The second kappa shape index (κ2) is 8.25. The third kappa shape index (κ3) is 5.27. The van der Waals surface area contributed by atoms with E-state index in [1.54, 1.807) is 6.07 Å². The highest BCUT2D eigenvalue weighted by molar-refractivity contribution is 6.31. The Bertz CT molecular complexity index is 397. The molecule has 19 heavy (non-hydrogen) atoms. The van der Waals surface area contributed by atoms with Gasteiger partial charge in [0, 0.05) is 24.2 Å². The Morgan fingerprint density at radius 3 is 2.63 bits per heavy atom. The first-order valence-electron chi connectivity index (χ1n) is 6.52. The van der Waals surface area contributed by atoms with E-state index in [4.69, 9.17) is 26.2 Å². The van der Waals surface area contributed by atoms with E-state index in [9.17, 15) is 0 Å². The molecule has 5 heteroatoms. The fourth-order valence-electron chi connectivity index (χ4n) is 1.63. The van der Waals surface area contributed by atoms with Crippen LogP contribution in [0.3, 0.4) is 0 Å². The molecule has 0 amide bonds. The van der Waals surface area contributed by atoms with Crippen molar-refractivity contribution in [3.63, 3.8) is 0 Å². The summed E-state index contributed by atoms with van der Waals surface area (Å²) in [5, 5.41) is 12.5. The third-order valence-electron chi connectivity index (χ3n) is 2.38. The molecule has 4 nitrogen and oxygen atoms in total. The first kappa shape index (κ1) is 16.1. The topological polar surface area (TPSA) is 50.7 Å². The lowest BCUT2D eigenvalue weighted by molar-refractivity contribution is 0.223. The van der Waals surface area contributed by atoms with Crippen LogP contribution < -0.4 is 14.8 Å². The van der Waals surface area contributed by atoms with E-state index in [1.165, 1.54) is 0 Å². The second-order valence-electron chi connectivity index (χ2n) is 4.39. The molecule has 1 aromatic rings. The Morgan fingerprint density at radius 1 is 1.32 bits per heavy atom. The molecule has 2 N–H and O–H groups in total. The summed E-state index contributed by atoms with van der Waals surface area (Å²) in [7, 11) is 0. The molecule has 0 fully saturated rings. The highest BCUT2D eigenvalue weighted by Crippen LogP contribution is 2.34. The largest absolute Gasteiger partial charge is 0.490 e. The normalized spacial score (nSPS) is 10.8. The van der Waals surface area contributed by atoms with Gasteiger partial charge in [-0.3, -0.25) is 0 Å². The van der Waals surface area contributed by atoms with Crippen LogP contribution in [0.4, 0.5) is 0 Å². The number of ether oxygens (including phenoxy) is 2. The van der Waals surface area contributed by atoms with Crippen molar-refractivity contribution in [3.05, 3.63) is 22.7 Å². The molecular formula is C14H22ClNO3. The number of aliphatic hydroxyl groups excluding tert-OH is 1. The fourth-order valence-corrected chi connectivity index (χ4v) is 1.85. The van der Waals surface area contributed by atoms with E-state index in [0.717, 1.165) is 5.56 Å². The minimum absolute atomic E-state index is 0.0636. The molecule has 0 unspecified atom stereocenters. The van der Waals surface area contributed by atoms with Crippen LogP contribution >= 0.6 is 11.6 Å². The molecule has 0 aromatic heterocycles. The van der Waals surface area contributed by atoms with Gasteiger partial charge in [0.15, 0.2) is 11.5 Å². The maximum atomic E-state index is 8.76. The first-order chi connectivity index (χ1) is 9.08. The predicted octanol–water partition coefficient (Wildman–Crippen LogP) is 2.61. The van der Waals surface area contributed by atoms with Crippen LogP contribution in [0.2, 0.25) is 5.02 Å². The highest BCUT2D eigenvalue weighted by Gasteiger charge is 2.12. The van der Waals surface area contributed by atoms with E-state index >= 15 is 0 Å². The third-order valence-corrected chi connectivity index (χ3v) is 2.73. The molecule has 0 aliphatic carbocycles. The number of benzene rings is 1. The summed E-state index contributed by atoms with van der Waals surface area (Å²) in [6, 6.07) is 3.66. The van der Waals surface area contributed by atoms with Crippen molar-refractivity contribution in [2.75, 3.05) is 19.8 Å². The van der Waals surface area contributed by atoms with Crippen molar-refractivity contribution in [2.45, 2.75) is 33.4 Å². The van der Waals surface area contributed by atoms with Crippen molar-refractivity contribution < 1.29 is 14.6 Å². The van der Waals surface area contributed by atoms with E-state index in [1.807, 2.05) is 26.8 Å². The van der Waals surface area contributed by atoms with Crippen LogP contribution in [0, 0.1) is 0 Å². The summed E-state index contributed by atoms with van der Waals surface area (Å²) in [4.78, 5) is 0. The van der Waals surface area contributed by atoms with Crippen molar-refractivity contribution in [3.8, 4) is 11.5 Å². The van der Waals surface area contributed by atoms with Crippen LogP contribution in [-0.2, 0) is 6.54 Å². The Labute approximate surface area is 119 Å². The van der Waals surface area contributed by atoms with Gasteiger partial charge in [0.2, 0.25) is 0 Å². The van der Waals surface area contributed by atoms with E-state index < -0.39 is 0 Å². The van der Waals surface area contributed by atoms with Crippen LogP contribution in [0.25, 0.3) is 0 Å². The zero-order valence-electron chi connectivity index (χ0n) is 11.7. The van der Waals surface area contributed by atoms with Gasteiger partial charge in [-0.05, 0) is 32.4 Å². The van der Waals surface area contributed by atoms with Gasteiger partial charge < -0.3 is 19.9 Å². The predicted molar refractivity (Wildman–Crippen MR) is 77.2 cm³/mol. The lowest BCUT2D eigenvalue weighted by Gasteiger charge is -2.17. The Morgan fingerprint density at radius 2 is 2.05 bits per heavy atom. The van der Waals surface area contributed by atoms with Gasteiger partial charge in [-0.25, -0.2) is 0 Å². The summed E-state index contributed by atoms with van der Waals surface area (Å²) in [6.45, 7) is 7.63. The summed E-state index contributed by atoms with van der Waals surface area (Å²) >= 11 is 6.23. The lowest BCUT2D eigenvalue weighted by Crippen LogP contribution is -2.18. The number of hydrogen-bond acceptors (Lipinski definition) is 4. The first-order valence-corrected chi connectivity index (χ1v) is 6.89. The summed E-state index contributed by atoms with van der Waals surface area (Å²) in [6.07, 6.45) is 0.0636. The molecule has 0 saturated heterocycles. The monoisotopic (exact) mass is 287 g/mol. The standard InChI is InChI=1S/C14H22ClNO3/c1-4-18-13-7-11(9-16-5-6-17)12(15)8-14(13)19-10(2)3/h7-8,10,16-17H,4-6,9H2,1-3H3. The van der Waals surface area contributed by atoms with Gasteiger partial charge in [0.1, 0.15) is 0 Å². The van der Waals surface area contributed by atoms with Crippen LogP contribution in [0.5, 0.6) is 11.5 Å². The average molecular weight is 288 g/mol. The lowest BCUT2D eigenvalue weighted by atomic mass is 10.2. The zero-order chi connectivity index (χ0) is 14.3. The second-order valence-corrected chi connectivity index (χ2v) is 4.80. The van der Waals surface area contributed by atoms with Gasteiger partial charge in [-0.15, -0.1) is 0 Å². The molecule has 0 heterocycles. The van der Waals surface area contributed by atoms with Crippen molar-refractivity contribution in [2.24, 2.45) is 0 Å². The zero-order valence-corrected chi connectivity index (χ0v) is 12.5. The van der Waals surface area contributed by atoms with Crippen molar-refractivity contribution in [1.82, 2.24) is 5.32 Å². The number of aliphatic hydroxyl groups is 1. The maximum Gasteiger partial charge on any atom is 0.163 e. The number of rotatable bonds is 8. The van der Waals surface area contributed by atoms with Crippen LogP contribution in [0.15, 0.2) is 12.1 Å². The number of hydrogen-bond donors (Lipinski definition) is 2. The van der Waals surface area contributed by atoms with Crippen molar-refractivity contribution in [1.29, 1.82) is 0 Å². The maximum absolute atomic E-state index is 8.76. The van der Waals surface area contributed by atoms with Gasteiger partial charge in [0.05, 0.1) is 19.3 Å². The molecule has 0 aliphatic heterocycles. The quantitative estimate of drug-likeness (QED) is 0.722. The molecule has 0 bridgehead atoms. The van der Waals surface area contributed by atoms with Crippen LogP contribution in [0.1, 0.15) is 26.3 Å². The summed E-state index contributed by atoms with van der Waals surface area (Å²) < 4.78 is 11.3. The highest BCUT2D eigenvalue weighted by atomic mass is 35.5. The number of nitrogens with one attached hydrogen (secondary N) is 1. The number of halogens is 1. The van der Waals surface area contributed by atoms with E-state index in [-0.39, 0.29) is 12.7 Å². The van der Waals surface area contributed by atoms with Gasteiger partial charge >= 0.3 is 0 Å².